The van der Waals surface area contributed by atoms with Gasteiger partial charge in [0.05, 0.1) is 17.3 Å². The van der Waals surface area contributed by atoms with E-state index in [0.29, 0.717) is 12.3 Å². The smallest absolute Gasteiger partial charge is 0.240 e. The van der Waals surface area contributed by atoms with Gasteiger partial charge < -0.3 is 10.1 Å². The molecule has 2 N–H and O–H groups in total. The largest absolute Gasteiger partial charge is 0.493 e. The van der Waals surface area contributed by atoms with Gasteiger partial charge in [0.2, 0.25) is 11.8 Å². The van der Waals surface area contributed by atoms with E-state index in [1.165, 1.54) is 6.21 Å². The van der Waals surface area contributed by atoms with E-state index in [0.717, 1.165) is 21.3 Å². The Morgan fingerprint density at radius 2 is 1.81 bits per heavy atom. The maximum absolute atomic E-state index is 11.9. The highest BCUT2D eigenvalue weighted by Crippen LogP contribution is 2.25. The first-order valence-corrected chi connectivity index (χ1v) is 9.38. The maximum Gasteiger partial charge on any atom is 0.240 e. The normalized spacial score (nSPS) is 10.6. The molecular weight excluding hydrogens is 410 g/mol. The lowest BCUT2D eigenvalue weighted by molar-refractivity contribution is -0.124. The molecule has 6 nitrogen and oxygen atoms in total. The van der Waals surface area contributed by atoms with Gasteiger partial charge in [0.25, 0.3) is 0 Å². The van der Waals surface area contributed by atoms with Crippen LogP contribution in [0.15, 0.2) is 52.0 Å². The summed E-state index contributed by atoms with van der Waals surface area (Å²) in [5, 5.41) is 6.67. The molecule has 142 valence electrons. The number of amides is 2. The Balaban J connectivity index is 1.75. The number of carbonyl (C=O) groups excluding carboxylic acids is 2. The zero-order valence-electron chi connectivity index (χ0n) is 15.3. The van der Waals surface area contributed by atoms with Gasteiger partial charge in [-0.25, -0.2) is 5.43 Å². The van der Waals surface area contributed by atoms with Gasteiger partial charge in [0, 0.05) is 18.5 Å². The van der Waals surface area contributed by atoms with Gasteiger partial charge in [-0.05, 0) is 65.7 Å². The van der Waals surface area contributed by atoms with Crippen molar-refractivity contribution in [2.75, 3.05) is 11.9 Å². The highest BCUT2D eigenvalue weighted by atomic mass is 79.9. The Labute approximate surface area is 167 Å². The summed E-state index contributed by atoms with van der Waals surface area (Å²) in [4.78, 5) is 23.7. The number of nitrogens with one attached hydrogen (secondary N) is 2. The lowest BCUT2D eigenvalue weighted by Crippen LogP contribution is -2.20. The minimum absolute atomic E-state index is 0.0575. The third-order valence-corrected chi connectivity index (χ3v) is 4.19. The van der Waals surface area contributed by atoms with Gasteiger partial charge in [0.1, 0.15) is 5.75 Å². The average Bonchev–Trinajstić information content (AvgIpc) is 2.64. The van der Waals surface area contributed by atoms with E-state index >= 15 is 0 Å². The fourth-order valence-electron chi connectivity index (χ4n) is 2.19. The molecule has 0 aliphatic rings. The van der Waals surface area contributed by atoms with Gasteiger partial charge in [-0.3, -0.25) is 9.59 Å². The molecule has 0 heterocycles. The first-order valence-electron chi connectivity index (χ1n) is 8.58. The molecule has 0 unspecified atom stereocenters. The van der Waals surface area contributed by atoms with Crippen molar-refractivity contribution in [3.63, 3.8) is 0 Å². The monoisotopic (exact) mass is 431 g/mol. The van der Waals surface area contributed by atoms with Crippen LogP contribution >= 0.6 is 15.9 Å². The van der Waals surface area contributed by atoms with Gasteiger partial charge in [0.15, 0.2) is 0 Å². The number of hydrogen-bond acceptors (Lipinski definition) is 4. The van der Waals surface area contributed by atoms with E-state index in [9.17, 15) is 9.59 Å². The number of aryl methyl sites for hydroxylation is 1. The number of carbonyl (C=O) groups is 2. The quantitative estimate of drug-likeness (QED) is 0.489. The molecule has 0 aliphatic heterocycles. The van der Waals surface area contributed by atoms with Crippen molar-refractivity contribution in [3.05, 3.63) is 58.1 Å². The fraction of sp³-hybridized carbons (Fsp3) is 0.250. The molecule has 0 aromatic heterocycles. The van der Waals surface area contributed by atoms with Crippen LogP contribution < -0.4 is 15.5 Å². The molecule has 0 aliphatic carbocycles. The molecule has 7 heteroatoms. The zero-order valence-corrected chi connectivity index (χ0v) is 16.9. The number of benzene rings is 2. The molecule has 0 spiro atoms. The number of rotatable bonds is 8. The second-order valence-corrected chi connectivity index (χ2v) is 6.68. The molecule has 0 bridgehead atoms. The number of anilines is 1. The number of hydrogen-bond donors (Lipinski definition) is 2. The Kier molecular flexibility index (Phi) is 8.00. The molecule has 0 saturated heterocycles. The van der Waals surface area contributed by atoms with Crippen molar-refractivity contribution in [1.29, 1.82) is 0 Å². The molecule has 2 rings (SSSR count). The number of ether oxygens (including phenoxy) is 1. The van der Waals surface area contributed by atoms with Crippen LogP contribution in [0.25, 0.3) is 0 Å². The van der Waals surface area contributed by atoms with Crippen LogP contribution in [-0.2, 0) is 9.59 Å². The first kappa shape index (κ1) is 20.6. The van der Waals surface area contributed by atoms with Crippen LogP contribution in [0.2, 0.25) is 0 Å². The summed E-state index contributed by atoms with van der Waals surface area (Å²) < 4.78 is 6.25. The third-order valence-electron chi connectivity index (χ3n) is 3.57. The highest BCUT2D eigenvalue weighted by molar-refractivity contribution is 9.10. The van der Waals surface area contributed by atoms with Crippen LogP contribution in [0, 0.1) is 6.92 Å². The van der Waals surface area contributed by atoms with E-state index in [1.807, 2.05) is 56.3 Å². The predicted octanol–water partition coefficient (Wildman–Crippen LogP) is 4.03. The summed E-state index contributed by atoms with van der Waals surface area (Å²) in [5.41, 5.74) is 5.06. The van der Waals surface area contributed by atoms with Gasteiger partial charge in [-0.2, -0.15) is 5.10 Å². The highest BCUT2D eigenvalue weighted by Gasteiger charge is 2.07. The van der Waals surface area contributed by atoms with Crippen LogP contribution in [0.5, 0.6) is 5.75 Å². The summed E-state index contributed by atoms with van der Waals surface area (Å²) >= 11 is 3.42. The summed E-state index contributed by atoms with van der Waals surface area (Å²) in [6.45, 7) is 4.47. The number of halogens is 1. The van der Waals surface area contributed by atoms with Gasteiger partial charge in [-0.15, -0.1) is 0 Å². The molecule has 0 fully saturated rings. The van der Waals surface area contributed by atoms with Crippen LogP contribution in [0.4, 0.5) is 5.69 Å². The standard InChI is InChI=1S/C20H22BrN3O3/c1-3-27-18-9-6-15(12-17(18)21)13-22-24-20(26)11-10-19(25)23-16-7-4-14(2)5-8-16/h4-9,12-13H,3,10-11H2,1-2H3,(H,23,25)(H,24,26). The maximum atomic E-state index is 11.9. The van der Waals surface area contributed by atoms with Gasteiger partial charge in [-0.1, -0.05) is 17.7 Å². The Hall–Kier alpha value is -2.67. The molecule has 27 heavy (non-hydrogen) atoms. The molecule has 2 amide bonds. The van der Waals surface area contributed by atoms with E-state index in [2.05, 4.69) is 31.8 Å². The average molecular weight is 432 g/mol. The molecule has 0 radical (unpaired) electrons. The lowest BCUT2D eigenvalue weighted by atomic mass is 10.2. The van der Waals surface area contributed by atoms with E-state index in [4.69, 9.17) is 4.74 Å². The molecular formula is C20H22BrN3O3. The molecule has 0 saturated carbocycles. The van der Waals surface area contributed by atoms with Crippen LogP contribution in [0.1, 0.15) is 30.9 Å². The Morgan fingerprint density at radius 1 is 1.11 bits per heavy atom. The van der Waals surface area contributed by atoms with Crippen molar-refractivity contribution in [2.45, 2.75) is 26.7 Å². The lowest BCUT2D eigenvalue weighted by Gasteiger charge is -2.06. The van der Waals surface area contributed by atoms with Crippen molar-refractivity contribution in [1.82, 2.24) is 5.43 Å². The third kappa shape index (κ3) is 7.22. The van der Waals surface area contributed by atoms with Crippen molar-refractivity contribution >= 4 is 39.6 Å². The molecule has 2 aromatic carbocycles. The second kappa shape index (κ2) is 10.5. The first-order chi connectivity index (χ1) is 13.0. The SMILES string of the molecule is CCOc1ccc(C=NNC(=O)CCC(=O)Nc2ccc(C)cc2)cc1Br. The van der Waals surface area contributed by atoms with Gasteiger partial charge >= 0.3 is 0 Å². The summed E-state index contributed by atoms with van der Waals surface area (Å²) in [6, 6.07) is 13.0. The summed E-state index contributed by atoms with van der Waals surface area (Å²) in [5.74, 6) is 0.210. The van der Waals surface area contributed by atoms with Crippen molar-refractivity contribution < 1.29 is 14.3 Å². The van der Waals surface area contributed by atoms with E-state index in [-0.39, 0.29) is 24.7 Å². The predicted molar refractivity (Wildman–Crippen MR) is 110 cm³/mol. The Bertz CT molecular complexity index is 820. The fourth-order valence-corrected chi connectivity index (χ4v) is 2.70. The Morgan fingerprint density at radius 3 is 2.48 bits per heavy atom. The van der Waals surface area contributed by atoms with Crippen LogP contribution in [0.3, 0.4) is 0 Å². The van der Waals surface area contributed by atoms with Crippen LogP contribution in [-0.4, -0.2) is 24.6 Å². The van der Waals surface area contributed by atoms with E-state index in [1.54, 1.807) is 0 Å². The second-order valence-electron chi connectivity index (χ2n) is 5.83. The summed E-state index contributed by atoms with van der Waals surface area (Å²) in [7, 11) is 0. The molecule has 0 atom stereocenters. The molecule has 2 aromatic rings. The van der Waals surface area contributed by atoms with Crippen molar-refractivity contribution in [3.8, 4) is 5.75 Å². The topological polar surface area (TPSA) is 79.8 Å². The van der Waals surface area contributed by atoms with Crippen molar-refractivity contribution in [2.24, 2.45) is 5.10 Å². The van der Waals surface area contributed by atoms with E-state index < -0.39 is 0 Å². The summed E-state index contributed by atoms with van der Waals surface area (Å²) in [6.07, 6.45) is 1.68. The number of hydrazone groups is 1. The minimum atomic E-state index is -0.324. The minimum Gasteiger partial charge on any atom is -0.493 e. The zero-order chi connectivity index (χ0) is 19.6. The number of nitrogens with zero attached hydrogens (tertiary/aromatic N) is 1.